The van der Waals surface area contributed by atoms with Crippen LogP contribution in [0.25, 0.3) is 21.8 Å². The van der Waals surface area contributed by atoms with Gasteiger partial charge in [0.1, 0.15) is 0 Å². The average molecular weight is 899 g/mol. The van der Waals surface area contributed by atoms with E-state index in [1.807, 2.05) is 123 Å². The fourth-order valence-corrected chi connectivity index (χ4v) is 8.29. The Hall–Kier alpha value is -8.02. The zero-order valence-electron chi connectivity index (χ0n) is 38.4. The van der Waals surface area contributed by atoms with Gasteiger partial charge in [-0.15, -0.1) is 0 Å². The third-order valence-corrected chi connectivity index (χ3v) is 12.0. The zero-order chi connectivity index (χ0) is 47.8. The van der Waals surface area contributed by atoms with Crippen LogP contribution in [0.15, 0.2) is 158 Å². The molecule has 0 aliphatic heterocycles. The highest BCUT2D eigenvalue weighted by Gasteiger charge is 2.26. The lowest BCUT2D eigenvalue weighted by molar-refractivity contribution is 0.0937. The molecule has 0 saturated carbocycles. The van der Waals surface area contributed by atoms with Gasteiger partial charge in [-0.05, 0) is 84.3 Å². The summed E-state index contributed by atoms with van der Waals surface area (Å²) in [5.41, 5.74) is 9.36. The molecule has 0 spiro atoms. The summed E-state index contributed by atoms with van der Waals surface area (Å²) in [4.78, 5) is 58.3. The lowest BCUT2D eigenvalue weighted by Crippen LogP contribution is -2.30. The van der Waals surface area contributed by atoms with E-state index in [1.165, 1.54) is 0 Å². The van der Waals surface area contributed by atoms with Gasteiger partial charge in [-0.1, -0.05) is 123 Å². The summed E-state index contributed by atoms with van der Waals surface area (Å²) in [5, 5.41) is 26.4. The second kappa shape index (κ2) is 23.4. The number of H-pyrrole nitrogens is 2. The molecular weight excluding hydrogens is 845 g/mol. The number of nitriles is 2. The normalized spacial score (nSPS) is 11.8. The van der Waals surface area contributed by atoms with Crippen LogP contribution in [0.1, 0.15) is 126 Å². The topological polar surface area (TPSA) is 171 Å². The summed E-state index contributed by atoms with van der Waals surface area (Å²) < 4.78 is 0. The van der Waals surface area contributed by atoms with Gasteiger partial charge in [0.05, 0.1) is 35.3 Å². The minimum atomic E-state index is -0.500. The van der Waals surface area contributed by atoms with Gasteiger partial charge in [0.15, 0.2) is 23.1 Å². The number of nitrogens with zero attached hydrogens (tertiary/aromatic N) is 2. The summed E-state index contributed by atoms with van der Waals surface area (Å²) in [6, 6.07) is 48.6. The Morgan fingerprint density at radius 3 is 1.25 bits per heavy atom. The summed E-state index contributed by atoms with van der Waals surface area (Å²) in [7, 11) is 0. The van der Waals surface area contributed by atoms with Crippen LogP contribution in [0.2, 0.25) is 0 Å². The smallest absolute Gasteiger partial charge is 0.186 e. The number of carbonyl (C=O) groups excluding carboxylic acids is 4. The molecule has 0 fully saturated rings. The first-order valence-corrected chi connectivity index (χ1v) is 23.1. The van der Waals surface area contributed by atoms with Gasteiger partial charge < -0.3 is 20.6 Å². The van der Waals surface area contributed by atoms with Crippen molar-refractivity contribution in [2.24, 2.45) is 0 Å². The van der Waals surface area contributed by atoms with E-state index in [4.69, 9.17) is 10.5 Å². The number of benzene rings is 6. The maximum atomic E-state index is 13.7. The second-order valence-electron chi connectivity index (χ2n) is 16.7. The molecule has 0 saturated heterocycles. The fourth-order valence-electron chi connectivity index (χ4n) is 8.29. The largest absolute Gasteiger partial charge is 0.360 e. The number of fused-ring (bicyclic) bond motifs is 2. The molecule has 340 valence electrons. The zero-order valence-corrected chi connectivity index (χ0v) is 38.4. The first-order chi connectivity index (χ1) is 33.2. The Bertz CT molecular complexity index is 2870. The molecule has 2 aromatic heterocycles. The van der Waals surface area contributed by atoms with E-state index in [9.17, 15) is 19.2 Å². The van der Waals surface area contributed by atoms with Crippen molar-refractivity contribution in [2.45, 2.75) is 64.5 Å². The molecule has 0 unspecified atom stereocenters. The highest BCUT2D eigenvalue weighted by Crippen LogP contribution is 2.28. The molecule has 2 atom stereocenters. The summed E-state index contributed by atoms with van der Waals surface area (Å²) >= 11 is 0. The molecule has 0 amide bonds. The first kappa shape index (κ1) is 47.9. The van der Waals surface area contributed by atoms with Gasteiger partial charge in [-0.3, -0.25) is 19.2 Å². The van der Waals surface area contributed by atoms with Crippen molar-refractivity contribution >= 4 is 44.9 Å². The van der Waals surface area contributed by atoms with Crippen molar-refractivity contribution in [3.05, 3.63) is 214 Å². The van der Waals surface area contributed by atoms with Crippen LogP contribution < -0.4 is 10.6 Å². The standard InChI is InChI=1S/2C29H27N3O2/c2*1-2-6-27(33)23-13-14-24-25(19-32-26(24)17-23)29(34)28(22-7-4-3-5-8-22)31-16-15-20-9-11-21(18-30)12-10-20/h2*3-5,7-14,17,19,28,31-32H,2,6,15-16H2,1H3/t2*28-/m10/s1. The minimum absolute atomic E-state index is 0.0232. The first-order valence-electron chi connectivity index (χ1n) is 23.1. The Balaban J connectivity index is 0.000000201. The van der Waals surface area contributed by atoms with E-state index in [1.54, 1.807) is 48.8 Å². The van der Waals surface area contributed by atoms with Crippen molar-refractivity contribution in [1.29, 1.82) is 10.5 Å². The van der Waals surface area contributed by atoms with Crippen LogP contribution in [0, 0.1) is 22.7 Å². The Labute approximate surface area is 397 Å². The molecule has 4 N–H and O–H groups in total. The van der Waals surface area contributed by atoms with Crippen LogP contribution in [-0.2, 0) is 12.8 Å². The molecule has 2 heterocycles. The highest BCUT2D eigenvalue weighted by atomic mass is 16.1. The number of hydrogen-bond donors (Lipinski definition) is 4. The number of aromatic amines is 2. The van der Waals surface area contributed by atoms with Crippen molar-refractivity contribution in [2.75, 3.05) is 13.1 Å². The fraction of sp³-hybridized carbons (Fsp3) is 0.207. The number of aromatic nitrogens is 2. The van der Waals surface area contributed by atoms with E-state index in [2.05, 4.69) is 32.7 Å². The van der Waals surface area contributed by atoms with Crippen LogP contribution in [0.4, 0.5) is 0 Å². The maximum absolute atomic E-state index is 13.7. The minimum Gasteiger partial charge on any atom is -0.360 e. The summed E-state index contributed by atoms with van der Waals surface area (Å²) in [6.45, 7) is 5.18. The maximum Gasteiger partial charge on any atom is 0.186 e. The number of hydrogen-bond acceptors (Lipinski definition) is 8. The summed E-state index contributed by atoms with van der Waals surface area (Å²) in [5.74, 6) is 0.173. The Kier molecular flexibility index (Phi) is 16.5. The number of ketones is 4. The third-order valence-electron chi connectivity index (χ3n) is 12.0. The van der Waals surface area contributed by atoms with Crippen molar-refractivity contribution in [3.8, 4) is 12.1 Å². The van der Waals surface area contributed by atoms with Crippen LogP contribution in [0.5, 0.6) is 0 Å². The van der Waals surface area contributed by atoms with Crippen LogP contribution in [0.3, 0.4) is 0 Å². The lowest BCUT2D eigenvalue weighted by Gasteiger charge is -2.18. The molecule has 6 aromatic carbocycles. The lowest BCUT2D eigenvalue weighted by atomic mass is 9.96. The van der Waals surface area contributed by atoms with Crippen LogP contribution >= 0.6 is 0 Å². The third kappa shape index (κ3) is 11.9. The molecule has 0 aliphatic rings. The quantitative estimate of drug-likeness (QED) is 0.0547. The number of rotatable bonds is 20. The number of carbonyl (C=O) groups is 4. The Morgan fingerprint density at radius 2 is 0.897 bits per heavy atom. The summed E-state index contributed by atoms with van der Waals surface area (Å²) in [6.07, 6.45) is 7.57. The van der Waals surface area contributed by atoms with Gasteiger partial charge in [0.25, 0.3) is 0 Å². The van der Waals surface area contributed by atoms with E-state index < -0.39 is 12.1 Å². The molecule has 68 heavy (non-hydrogen) atoms. The number of nitrogens with one attached hydrogen (secondary N) is 4. The van der Waals surface area contributed by atoms with Crippen molar-refractivity contribution in [3.63, 3.8) is 0 Å². The van der Waals surface area contributed by atoms with Crippen molar-refractivity contribution < 1.29 is 19.2 Å². The highest BCUT2D eigenvalue weighted by molar-refractivity contribution is 6.13. The molecule has 10 nitrogen and oxygen atoms in total. The van der Waals surface area contributed by atoms with Crippen molar-refractivity contribution in [1.82, 2.24) is 20.6 Å². The Morgan fingerprint density at radius 1 is 0.515 bits per heavy atom. The van der Waals surface area contributed by atoms with E-state index >= 15 is 0 Å². The predicted octanol–water partition coefficient (Wildman–Crippen LogP) is 11.6. The van der Waals surface area contributed by atoms with Gasteiger partial charge >= 0.3 is 0 Å². The van der Waals surface area contributed by atoms with E-state index in [0.717, 1.165) is 69.7 Å². The SMILES string of the molecule is CCCC(=O)c1ccc2c(C(=O)[C@@H](NCCc3ccc(C#N)cc3)c3ccccc3)c[nH]c2c1.CCCC(=O)c1ccc2c(C(=O)[C@H](NCCc3ccc(C#N)cc3)c3ccccc3)c[nH]c2c1. The molecule has 8 aromatic rings. The number of Topliss-reactive ketones (excluding diaryl/α,β-unsaturated/α-hetero) is 4. The second-order valence-corrected chi connectivity index (χ2v) is 16.7. The monoisotopic (exact) mass is 898 g/mol. The molecule has 8 rings (SSSR count). The predicted molar refractivity (Wildman–Crippen MR) is 268 cm³/mol. The van der Waals surface area contributed by atoms with Gasteiger partial charge in [-0.2, -0.15) is 10.5 Å². The van der Waals surface area contributed by atoms with Gasteiger partial charge in [-0.25, -0.2) is 0 Å². The van der Waals surface area contributed by atoms with E-state index in [0.29, 0.717) is 59.3 Å². The van der Waals surface area contributed by atoms with Gasteiger partial charge in [0, 0.05) is 82.4 Å². The molecule has 0 aliphatic carbocycles. The van der Waals surface area contributed by atoms with Crippen LogP contribution in [-0.4, -0.2) is 46.2 Å². The molecule has 0 radical (unpaired) electrons. The van der Waals surface area contributed by atoms with Gasteiger partial charge in [0.2, 0.25) is 0 Å². The molecular formula is C58H54N6O4. The molecule has 10 heteroatoms. The average Bonchev–Trinajstić information content (AvgIpc) is 4.02. The molecule has 0 bridgehead atoms. The van der Waals surface area contributed by atoms with E-state index in [-0.39, 0.29) is 23.1 Å².